The predicted molar refractivity (Wildman–Crippen MR) is 122 cm³/mol. The first kappa shape index (κ1) is 22.7. The van der Waals surface area contributed by atoms with Crippen molar-refractivity contribution in [2.24, 2.45) is 0 Å². The molecule has 0 heterocycles. The SMILES string of the molecule is COc1ccc([C@@H](C)NC(=O)c2ccc(N(C)S(=O)(=O)c3ccc(Cl)cc3)cc2)cc1. The van der Waals surface area contributed by atoms with E-state index in [0.717, 1.165) is 15.6 Å². The van der Waals surface area contributed by atoms with Gasteiger partial charge in [-0.3, -0.25) is 9.10 Å². The number of halogens is 1. The van der Waals surface area contributed by atoms with E-state index in [1.165, 1.54) is 31.3 Å². The van der Waals surface area contributed by atoms with E-state index in [1.54, 1.807) is 31.4 Å². The van der Waals surface area contributed by atoms with Crippen molar-refractivity contribution in [3.63, 3.8) is 0 Å². The Labute approximate surface area is 187 Å². The van der Waals surface area contributed by atoms with Crippen molar-refractivity contribution >= 4 is 33.2 Å². The molecule has 6 nitrogen and oxygen atoms in total. The van der Waals surface area contributed by atoms with Crippen molar-refractivity contribution in [3.05, 3.63) is 88.9 Å². The minimum absolute atomic E-state index is 0.134. The van der Waals surface area contributed by atoms with Gasteiger partial charge >= 0.3 is 0 Å². The number of hydrogen-bond acceptors (Lipinski definition) is 4. The third kappa shape index (κ3) is 5.18. The number of hydrogen-bond donors (Lipinski definition) is 1. The fourth-order valence-electron chi connectivity index (χ4n) is 2.98. The Kier molecular flexibility index (Phi) is 6.87. The van der Waals surface area contributed by atoms with E-state index in [0.29, 0.717) is 16.3 Å². The van der Waals surface area contributed by atoms with E-state index >= 15 is 0 Å². The van der Waals surface area contributed by atoms with E-state index in [2.05, 4.69) is 5.32 Å². The van der Waals surface area contributed by atoms with Crippen LogP contribution in [0.5, 0.6) is 5.75 Å². The molecule has 8 heteroatoms. The first-order chi connectivity index (χ1) is 14.7. The number of anilines is 1. The Bertz CT molecular complexity index is 1150. The van der Waals surface area contributed by atoms with Gasteiger partial charge in [-0.2, -0.15) is 0 Å². The second-order valence-electron chi connectivity index (χ2n) is 6.94. The lowest BCUT2D eigenvalue weighted by molar-refractivity contribution is 0.0940. The van der Waals surface area contributed by atoms with E-state index in [9.17, 15) is 13.2 Å². The second kappa shape index (κ2) is 9.41. The Morgan fingerprint density at radius 3 is 2.10 bits per heavy atom. The average molecular weight is 459 g/mol. The number of carbonyl (C=O) groups excluding carboxylic acids is 1. The van der Waals surface area contributed by atoms with E-state index in [-0.39, 0.29) is 16.8 Å². The van der Waals surface area contributed by atoms with Gasteiger partial charge < -0.3 is 10.1 Å². The third-order valence-corrected chi connectivity index (χ3v) is 6.98. The number of benzene rings is 3. The molecule has 3 aromatic rings. The Morgan fingerprint density at radius 2 is 1.55 bits per heavy atom. The summed E-state index contributed by atoms with van der Waals surface area (Å²) in [5, 5.41) is 3.40. The van der Waals surface area contributed by atoms with Gasteiger partial charge in [-0.25, -0.2) is 8.42 Å². The first-order valence-corrected chi connectivity index (χ1v) is 11.3. The van der Waals surface area contributed by atoms with Crippen molar-refractivity contribution in [2.75, 3.05) is 18.5 Å². The quantitative estimate of drug-likeness (QED) is 0.558. The fraction of sp³-hybridized carbons (Fsp3) is 0.174. The Balaban J connectivity index is 1.71. The van der Waals surface area contributed by atoms with Crippen LogP contribution in [0.1, 0.15) is 28.9 Å². The van der Waals surface area contributed by atoms with Crippen LogP contribution in [0.25, 0.3) is 0 Å². The molecule has 0 saturated heterocycles. The molecule has 1 N–H and O–H groups in total. The molecule has 162 valence electrons. The lowest BCUT2D eigenvalue weighted by Crippen LogP contribution is -2.28. The maximum Gasteiger partial charge on any atom is 0.264 e. The Morgan fingerprint density at radius 1 is 0.968 bits per heavy atom. The number of amides is 1. The molecule has 0 aliphatic heterocycles. The highest BCUT2D eigenvalue weighted by molar-refractivity contribution is 7.92. The van der Waals surface area contributed by atoms with Gasteiger partial charge in [0.25, 0.3) is 15.9 Å². The van der Waals surface area contributed by atoms with Gasteiger partial charge in [-0.15, -0.1) is 0 Å². The fourth-order valence-corrected chi connectivity index (χ4v) is 4.30. The van der Waals surface area contributed by atoms with Crippen LogP contribution in [0.15, 0.2) is 77.7 Å². The standard InChI is InChI=1S/C23H23ClN2O4S/c1-16(17-6-12-21(30-3)13-7-17)25-23(27)18-4-10-20(11-5-18)26(2)31(28,29)22-14-8-19(24)9-15-22/h4-16H,1-3H3,(H,25,27)/t16-/m1/s1. The zero-order valence-electron chi connectivity index (χ0n) is 17.4. The van der Waals surface area contributed by atoms with Crippen molar-refractivity contribution in [2.45, 2.75) is 17.9 Å². The highest BCUT2D eigenvalue weighted by Gasteiger charge is 2.21. The molecule has 0 aliphatic carbocycles. The molecule has 0 aromatic heterocycles. The van der Waals surface area contributed by atoms with Crippen molar-refractivity contribution < 1.29 is 17.9 Å². The molecule has 0 unspecified atom stereocenters. The maximum absolute atomic E-state index is 12.8. The lowest BCUT2D eigenvalue weighted by atomic mass is 10.1. The first-order valence-electron chi connectivity index (χ1n) is 9.52. The molecular formula is C23H23ClN2O4S. The zero-order chi connectivity index (χ0) is 22.6. The monoisotopic (exact) mass is 458 g/mol. The summed E-state index contributed by atoms with van der Waals surface area (Å²) in [6.07, 6.45) is 0. The number of sulfonamides is 1. The van der Waals surface area contributed by atoms with Crippen molar-refractivity contribution in [1.29, 1.82) is 0 Å². The minimum Gasteiger partial charge on any atom is -0.497 e. The molecule has 3 rings (SSSR count). The smallest absolute Gasteiger partial charge is 0.264 e. The normalized spacial score (nSPS) is 12.1. The largest absolute Gasteiger partial charge is 0.497 e. The van der Waals surface area contributed by atoms with E-state index in [4.69, 9.17) is 16.3 Å². The number of ether oxygens (including phenoxy) is 1. The van der Waals surface area contributed by atoms with Crippen molar-refractivity contribution in [1.82, 2.24) is 5.32 Å². The second-order valence-corrected chi connectivity index (χ2v) is 9.35. The van der Waals surface area contributed by atoms with Crippen LogP contribution in [0.4, 0.5) is 5.69 Å². The van der Waals surface area contributed by atoms with Gasteiger partial charge in [0.1, 0.15) is 5.75 Å². The number of nitrogens with one attached hydrogen (secondary N) is 1. The summed E-state index contributed by atoms with van der Waals surface area (Å²) >= 11 is 5.84. The van der Waals surface area contributed by atoms with Gasteiger partial charge in [0.15, 0.2) is 0 Å². The summed E-state index contributed by atoms with van der Waals surface area (Å²) in [6.45, 7) is 1.89. The number of nitrogens with zero attached hydrogens (tertiary/aromatic N) is 1. The maximum atomic E-state index is 12.8. The molecule has 0 aliphatic rings. The summed E-state index contributed by atoms with van der Waals surface area (Å²) < 4.78 is 31.9. The molecule has 0 saturated carbocycles. The van der Waals surface area contributed by atoms with Crippen LogP contribution in [0, 0.1) is 0 Å². The molecule has 31 heavy (non-hydrogen) atoms. The van der Waals surface area contributed by atoms with E-state index < -0.39 is 10.0 Å². The third-order valence-electron chi connectivity index (χ3n) is 4.93. The molecule has 0 radical (unpaired) electrons. The summed E-state index contributed by atoms with van der Waals surface area (Å²) in [6, 6.07) is 19.6. The van der Waals surface area contributed by atoms with Crippen LogP contribution in [0.2, 0.25) is 5.02 Å². The summed E-state index contributed by atoms with van der Waals surface area (Å²) in [5.41, 5.74) is 1.82. The van der Waals surface area contributed by atoms with Gasteiger partial charge in [-0.05, 0) is 73.2 Å². The van der Waals surface area contributed by atoms with Crippen LogP contribution in [-0.2, 0) is 10.0 Å². The minimum atomic E-state index is -3.74. The lowest BCUT2D eigenvalue weighted by Gasteiger charge is -2.20. The number of carbonyl (C=O) groups is 1. The van der Waals surface area contributed by atoms with Crippen LogP contribution in [0.3, 0.4) is 0 Å². The van der Waals surface area contributed by atoms with Crippen molar-refractivity contribution in [3.8, 4) is 5.75 Å². The molecule has 1 atom stereocenters. The number of methoxy groups -OCH3 is 1. The van der Waals surface area contributed by atoms with Gasteiger partial charge in [0.2, 0.25) is 0 Å². The molecular weight excluding hydrogens is 436 g/mol. The molecule has 0 spiro atoms. The van der Waals surface area contributed by atoms with Crippen LogP contribution >= 0.6 is 11.6 Å². The van der Waals surface area contributed by atoms with Crippen LogP contribution < -0.4 is 14.4 Å². The molecule has 3 aromatic carbocycles. The molecule has 0 fully saturated rings. The topological polar surface area (TPSA) is 75.7 Å². The van der Waals surface area contributed by atoms with Crippen LogP contribution in [-0.4, -0.2) is 28.5 Å². The molecule has 1 amide bonds. The highest BCUT2D eigenvalue weighted by Crippen LogP contribution is 2.24. The highest BCUT2D eigenvalue weighted by atomic mass is 35.5. The van der Waals surface area contributed by atoms with E-state index in [1.807, 2.05) is 31.2 Å². The summed E-state index contributed by atoms with van der Waals surface area (Å²) in [5.74, 6) is 0.494. The average Bonchev–Trinajstić information content (AvgIpc) is 2.79. The zero-order valence-corrected chi connectivity index (χ0v) is 18.9. The molecule has 0 bridgehead atoms. The summed E-state index contributed by atoms with van der Waals surface area (Å²) in [4.78, 5) is 12.7. The van der Waals surface area contributed by atoms with Gasteiger partial charge in [-0.1, -0.05) is 23.7 Å². The number of rotatable bonds is 7. The van der Waals surface area contributed by atoms with Gasteiger partial charge in [0.05, 0.1) is 23.7 Å². The van der Waals surface area contributed by atoms with Gasteiger partial charge in [0, 0.05) is 17.6 Å². The Hall–Kier alpha value is -3.03. The predicted octanol–water partition coefficient (Wildman–Crippen LogP) is 4.66. The summed E-state index contributed by atoms with van der Waals surface area (Å²) in [7, 11) is -0.677.